The van der Waals surface area contributed by atoms with Crippen molar-refractivity contribution in [2.24, 2.45) is 0 Å². The van der Waals surface area contributed by atoms with Crippen molar-refractivity contribution in [2.75, 3.05) is 21.3 Å². The smallest absolute Gasteiger partial charge is 0.310 e. The number of rotatable bonds is 8. The molecule has 0 aliphatic carbocycles. The van der Waals surface area contributed by atoms with E-state index in [4.69, 9.17) is 18.9 Å². The van der Waals surface area contributed by atoms with Crippen LogP contribution in [0.1, 0.15) is 11.3 Å². The molecule has 0 aliphatic heterocycles. The average Bonchev–Trinajstić information content (AvgIpc) is 3.21. The molecular weight excluding hydrogens is 378 g/mol. The zero-order valence-electron chi connectivity index (χ0n) is 15.9. The fourth-order valence-corrected chi connectivity index (χ4v) is 3.41. The molecule has 1 heterocycles. The van der Waals surface area contributed by atoms with Crippen LogP contribution in [0.2, 0.25) is 0 Å². The van der Waals surface area contributed by atoms with E-state index in [0.717, 1.165) is 27.6 Å². The largest absolute Gasteiger partial charge is 0.497 e. The highest BCUT2D eigenvalue weighted by atomic mass is 32.1. The lowest BCUT2D eigenvalue weighted by Crippen LogP contribution is -2.08. The van der Waals surface area contributed by atoms with Crippen LogP contribution in [0.5, 0.6) is 17.2 Å². The highest BCUT2D eigenvalue weighted by Crippen LogP contribution is 2.28. The van der Waals surface area contributed by atoms with Crippen molar-refractivity contribution in [1.29, 1.82) is 0 Å². The van der Waals surface area contributed by atoms with Gasteiger partial charge < -0.3 is 18.9 Å². The van der Waals surface area contributed by atoms with E-state index in [9.17, 15) is 4.79 Å². The Labute approximate surface area is 167 Å². The zero-order chi connectivity index (χ0) is 19.9. The lowest BCUT2D eigenvalue weighted by molar-refractivity contribution is -0.144. The lowest BCUT2D eigenvalue weighted by atomic mass is 10.1. The Balaban J connectivity index is 1.57. The molecule has 0 bridgehead atoms. The molecule has 0 radical (unpaired) electrons. The summed E-state index contributed by atoms with van der Waals surface area (Å²) in [5.41, 5.74) is 2.50. The fourth-order valence-electron chi connectivity index (χ4n) is 2.60. The van der Waals surface area contributed by atoms with Crippen LogP contribution in [0.4, 0.5) is 0 Å². The number of hydrogen-bond acceptors (Lipinski definition) is 7. The maximum Gasteiger partial charge on any atom is 0.310 e. The Hall–Kier alpha value is -3.06. The van der Waals surface area contributed by atoms with Gasteiger partial charge in [0, 0.05) is 10.9 Å². The molecule has 0 aliphatic rings. The fraction of sp³-hybridized carbons (Fsp3) is 0.238. The van der Waals surface area contributed by atoms with Crippen molar-refractivity contribution in [3.05, 3.63) is 59.1 Å². The molecular formula is C21H21NO5S. The number of benzene rings is 2. The zero-order valence-corrected chi connectivity index (χ0v) is 16.7. The monoisotopic (exact) mass is 399 g/mol. The third-order valence-electron chi connectivity index (χ3n) is 4.07. The molecule has 3 rings (SSSR count). The van der Waals surface area contributed by atoms with Crippen molar-refractivity contribution in [2.45, 2.75) is 13.0 Å². The number of thiazole rings is 1. The molecule has 28 heavy (non-hydrogen) atoms. The predicted molar refractivity (Wildman–Crippen MR) is 107 cm³/mol. The Morgan fingerprint density at radius 2 is 1.71 bits per heavy atom. The minimum atomic E-state index is -0.328. The Morgan fingerprint density at radius 1 is 0.964 bits per heavy atom. The summed E-state index contributed by atoms with van der Waals surface area (Å²) in [5, 5.41) is 2.76. The van der Waals surface area contributed by atoms with Gasteiger partial charge in [-0.3, -0.25) is 4.79 Å². The number of hydrogen-bond donors (Lipinski definition) is 0. The van der Waals surface area contributed by atoms with Gasteiger partial charge in [-0.15, -0.1) is 11.3 Å². The maximum absolute atomic E-state index is 12.2. The van der Waals surface area contributed by atoms with E-state index in [2.05, 4.69) is 4.98 Å². The van der Waals surface area contributed by atoms with Crippen molar-refractivity contribution >= 4 is 17.3 Å². The first kappa shape index (κ1) is 19.7. The number of methoxy groups -OCH3 is 3. The Kier molecular flexibility index (Phi) is 6.49. The molecule has 0 unspecified atom stereocenters. The molecule has 146 valence electrons. The van der Waals surface area contributed by atoms with Gasteiger partial charge in [-0.1, -0.05) is 6.07 Å². The number of nitrogens with zero attached hydrogens (tertiary/aromatic N) is 1. The van der Waals surface area contributed by atoms with Crippen molar-refractivity contribution in [1.82, 2.24) is 4.98 Å². The van der Waals surface area contributed by atoms with Crippen molar-refractivity contribution in [3.63, 3.8) is 0 Å². The molecule has 0 fully saturated rings. The van der Waals surface area contributed by atoms with Crippen molar-refractivity contribution in [3.8, 4) is 27.8 Å². The van der Waals surface area contributed by atoms with Gasteiger partial charge in [0.15, 0.2) is 11.5 Å². The summed E-state index contributed by atoms with van der Waals surface area (Å²) in [7, 11) is 4.76. The molecule has 6 nitrogen and oxygen atoms in total. The number of esters is 1. The molecule has 0 saturated heterocycles. The van der Waals surface area contributed by atoms with Gasteiger partial charge in [-0.25, -0.2) is 4.98 Å². The predicted octanol–water partition coefficient (Wildman–Crippen LogP) is 4.12. The first-order valence-electron chi connectivity index (χ1n) is 8.58. The third kappa shape index (κ3) is 4.80. The van der Waals surface area contributed by atoms with Crippen molar-refractivity contribution < 1.29 is 23.7 Å². The number of carbonyl (C=O) groups excluding carboxylic acids is 1. The summed E-state index contributed by atoms with van der Waals surface area (Å²) in [6.07, 6.45) is 0.149. The van der Waals surface area contributed by atoms with E-state index in [1.807, 2.05) is 35.7 Å². The summed E-state index contributed by atoms with van der Waals surface area (Å²) in [5.74, 6) is 1.67. The summed E-state index contributed by atoms with van der Waals surface area (Å²) < 4.78 is 21.0. The number of ether oxygens (including phenoxy) is 4. The minimum Gasteiger partial charge on any atom is -0.497 e. The Morgan fingerprint density at radius 3 is 2.39 bits per heavy atom. The third-order valence-corrected chi connectivity index (χ3v) is 5.01. The molecule has 1 aromatic heterocycles. The second kappa shape index (κ2) is 9.23. The van der Waals surface area contributed by atoms with Crippen LogP contribution in [-0.2, 0) is 22.6 Å². The van der Waals surface area contributed by atoms with Crippen LogP contribution in [0.15, 0.2) is 47.8 Å². The average molecular weight is 399 g/mol. The quantitative estimate of drug-likeness (QED) is 0.531. The second-order valence-electron chi connectivity index (χ2n) is 5.90. The van der Waals surface area contributed by atoms with Crippen LogP contribution in [0.25, 0.3) is 10.6 Å². The molecule has 0 spiro atoms. The summed E-state index contributed by atoms with van der Waals surface area (Å²) in [6.45, 7) is 0.138. The first-order chi connectivity index (χ1) is 13.6. The second-order valence-corrected chi connectivity index (χ2v) is 6.76. The van der Waals surface area contributed by atoms with E-state index in [-0.39, 0.29) is 19.0 Å². The normalized spacial score (nSPS) is 10.4. The van der Waals surface area contributed by atoms with Crippen LogP contribution < -0.4 is 14.2 Å². The molecule has 0 N–H and O–H groups in total. The summed E-state index contributed by atoms with van der Waals surface area (Å²) in [6, 6.07) is 13.0. The van der Waals surface area contributed by atoms with E-state index in [0.29, 0.717) is 11.5 Å². The minimum absolute atomic E-state index is 0.138. The van der Waals surface area contributed by atoms with E-state index < -0.39 is 0 Å². The molecule has 0 atom stereocenters. The van der Waals surface area contributed by atoms with Gasteiger partial charge in [0.05, 0.1) is 33.4 Å². The molecule has 0 amide bonds. The van der Waals surface area contributed by atoms with Gasteiger partial charge in [0.2, 0.25) is 0 Å². The highest BCUT2D eigenvalue weighted by molar-refractivity contribution is 7.13. The SMILES string of the molecule is COc1ccc(-c2nc(COC(=O)Cc3ccc(OC)c(OC)c3)cs2)cc1. The highest BCUT2D eigenvalue weighted by Gasteiger charge is 2.11. The van der Waals surface area contributed by atoms with E-state index in [1.165, 1.54) is 11.3 Å². The van der Waals surface area contributed by atoms with Crippen LogP contribution in [-0.4, -0.2) is 32.3 Å². The Bertz CT molecular complexity index is 936. The van der Waals surface area contributed by atoms with Gasteiger partial charge >= 0.3 is 5.97 Å². The van der Waals surface area contributed by atoms with Crippen LogP contribution in [0, 0.1) is 0 Å². The van der Waals surface area contributed by atoms with Gasteiger partial charge in [0.1, 0.15) is 17.4 Å². The van der Waals surface area contributed by atoms with Crippen LogP contribution in [0.3, 0.4) is 0 Å². The van der Waals surface area contributed by atoms with E-state index in [1.54, 1.807) is 33.5 Å². The van der Waals surface area contributed by atoms with Gasteiger partial charge in [-0.05, 0) is 42.0 Å². The molecule has 3 aromatic rings. The van der Waals surface area contributed by atoms with Gasteiger partial charge in [0.25, 0.3) is 0 Å². The standard InChI is InChI=1S/C21H21NO5S/c1-24-17-7-5-15(6-8-17)21-22-16(13-28-21)12-27-20(23)11-14-4-9-18(25-2)19(10-14)26-3/h4-10,13H,11-12H2,1-3H3. The molecule has 7 heteroatoms. The number of carbonyl (C=O) groups is 1. The summed E-state index contributed by atoms with van der Waals surface area (Å²) >= 11 is 1.51. The molecule has 2 aromatic carbocycles. The number of aromatic nitrogens is 1. The first-order valence-corrected chi connectivity index (χ1v) is 9.46. The molecule has 0 saturated carbocycles. The summed E-state index contributed by atoms with van der Waals surface area (Å²) in [4.78, 5) is 16.7. The topological polar surface area (TPSA) is 66.9 Å². The van der Waals surface area contributed by atoms with Crippen LogP contribution >= 0.6 is 11.3 Å². The van der Waals surface area contributed by atoms with E-state index >= 15 is 0 Å². The van der Waals surface area contributed by atoms with Gasteiger partial charge in [-0.2, -0.15) is 0 Å². The maximum atomic E-state index is 12.2. The lowest BCUT2D eigenvalue weighted by Gasteiger charge is -2.09.